The van der Waals surface area contributed by atoms with Gasteiger partial charge in [-0.05, 0) is 29.3 Å². The summed E-state index contributed by atoms with van der Waals surface area (Å²) in [6.45, 7) is 2.94. The number of nitrogens with one attached hydrogen (secondary N) is 2. The second-order valence-electron chi connectivity index (χ2n) is 5.87. The van der Waals surface area contributed by atoms with Crippen molar-refractivity contribution in [1.29, 1.82) is 0 Å². The standard InChI is InChI=1S/C18H17N3O/c1-10-9-20-17-16(10)13-8-11(6-7-15(13)21-18(17)22)12-4-2-3-5-14(12)19/h2-8,10,20H,9,19H2,1H3,(H,21,22). The second-order valence-corrected chi connectivity index (χ2v) is 5.87. The molecule has 4 N–H and O–H groups in total. The average molecular weight is 291 g/mol. The summed E-state index contributed by atoms with van der Waals surface area (Å²) >= 11 is 0. The van der Waals surface area contributed by atoms with Crippen LogP contribution in [-0.4, -0.2) is 11.5 Å². The number of nitrogen functional groups attached to an aromatic ring is 1. The first-order valence-corrected chi connectivity index (χ1v) is 7.44. The summed E-state index contributed by atoms with van der Waals surface area (Å²) in [5, 5.41) is 4.30. The Labute approximate surface area is 128 Å². The maximum absolute atomic E-state index is 12.1. The zero-order valence-electron chi connectivity index (χ0n) is 12.3. The van der Waals surface area contributed by atoms with Crippen LogP contribution >= 0.6 is 0 Å². The van der Waals surface area contributed by atoms with E-state index in [4.69, 9.17) is 5.73 Å². The van der Waals surface area contributed by atoms with Gasteiger partial charge in [-0.25, -0.2) is 0 Å². The van der Waals surface area contributed by atoms with Crippen LogP contribution < -0.4 is 16.6 Å². The normalized spacial score (nSPS) is 16.5. The van der Waals surface area contributed by atoms with Crippen molar-refractivity contribution in [2.45, 2.75) is 12.8 Å². The van der Waals surface area contributed by atoms with Crippen LogP contribution in [0, 0.1) is 0 Å². The maximum atomic E-state index is 12.1. The van der Waals surface area contributed by atoms with E-state index < -0.39 is 0 Å². The van der Waals surface area contributed by atoms with Crippen molar-refractivity contribution in [3.63, 3.8) is 0 Å². The predicted molar refractivity (Wildman–Crippen MR) is 91.3 cm³/mol. The van der Waals surface area contributed by atoms with Gasteiger partial charge in [0.25, 0.3) is 5.56 Å². The third kappa shape index (κ3) is 1.80. The van der Waals surface area contributed by atoms with E-state index in [0.29, 0.717) is 11.6 Å². The number of anilines is 2. The summed E-state index contributed by atoms with van der Waals surface area (Å²) < 4.78 is 0. The fourth-order valence-electron chi connectivity index (χ4n) is 3.29. The second kappa shape index (κ2) is 4.63. The molecule has 4 heteroatoms. The van der Waals surface area contributed by atoms with Crippen molar-refractivity contribution in [2.24, 2.45) is 0 Å². The van der Waals surface area contributed by atoms with Crippen molar-refractivity contribution < 1.29 is 0 Å². The van der Waals surface area contributed by atoms with Gasteiger partial charge in [0.05, 0.1) is 0 Å². The molecule has 0 saturated heterocycles. The molecule has 1 atom stereocenters. The number of H-pyrrole nitrogens is 1. The first-order valence-electron chi connectivity index (χ1n) is 7.44. The molecule has 4 rings (SSSR count). The van der Waals surface area contributed by atoms with E-state index in [1.54, 1.807) is 0 Å². The van der Waals surface area contributed by atoms with Crippen LogP contribution in [0.4, 0.5) is 11.4 Å². The summed E-state index contributed by atoms with van der Waals surface area (Å²) in [4.78, 5) is 15.1. The smallest absolute Gasteiger partial charge is 0.272 e. The summed E-state index contributed by atoms with van der Waals surface area (Å²) in [5.41, 5.74) is 11.6. The number of rotatable bonds is 1. The van der Waals surface area contributed by atoms with Crippen molar-refractivity contribution in [1.82, 2.24) is 4.98 Å². The minimum atomic E-state index is -0.0428. The van der Waals surface area contributed by atoms with E-state index in [0.717, 1.165) is 39.8 Å². The SMILES string of the molecule is CC1CNc2c1c1cc(-c3ccccc3N)ccc1[nH]c2=O. The van der Waals surface area contributed by atoms with Gasteiger partial charge in [0.1, 0.15) is 5.69 Å². The number of fused-ring (bicyclic) bond motifs is 3. The molecule has 0 bridgehead atoms. The highest BCUT2D eigenvalue weighted by atomic mass is 16.1. The van der Waals surface area contributed by atoms with Gasteiger partial charge in [-0.3, -0.25) is 4.79 Å². The Morgan fingerprint density at radius 1 is 1.18 bits per heavy atom. The summed E-state index contributed by atoms with van der Waals surface area (Å²) in [6.07, 6.45) is 0. The number of benzene rings is 2. The molecule has 0 amide bonds. The first kappa shape index (κ1) is 13.0. The van der Waals surface area contributed by atoms with Crippen molar-refractivity contribution in [3.8, 4) is 11.1 Å². The topological polar surface area (TPSA) is 70.9 Å². The fourth-order valence-corrected chi connectivity index (χ4v) is 3.29. The molecule has 2 heterocycles. The molecule has 110 valence electrons. The fraction of sp³-hybridized carbons (Fsp3) is 0.167. The Hall–Kier alpha value is -2.75. The number of nitrogens with two attached hydrogens (primary N) is 1. The van der Waals surface area contributed by atoms with Gasteiger partial charge < -0.3 is 16.0 Å². The summed E-state index contributed by atoms with van der Waals surface area (Å²) in [6, 6.07) is 13.9. The molecule has 22 heavy (non-hydrogen) atoms. The zero-order valence-corrected chi connectivity index (χ0v) is 12.3. The Morgan fingerprint density at radius 3 is 2.82 bits per heavy atom. The molecule has 1 aliphatic rings. The van der Waals surface area contributed by atoms with Crippen LogP contribution in [0.15, 0.2) is 47.3 Å². The van der Waals surface area contributed by atoms with Gasteiger partial charge >= 0.3 is 0 Å². The maximum Gasteiger partial charge on any atom is 0.272 e. The van der Waals surface area contributed by atoms with E-state index in [1.165, 1.54) is 0 Å². The molecular formula is C18H17N3O. The minimum Gasteiger partial charge on any atom is -0.398 e. The first-order chi connectivity index (χ1) is 10.6. The molecule has 1 unspecified atom stereocenters. The molecule has 0 saturated carbocycles. The lowest BCUT2D eigenvalue weighted by molar-refractivity contribution is 0.860. The van der Waals surface area contributed by atoms with Crippen molar-refractivity contribution in [2.75, 3.05) is 17.6 Å². The summed E-state index contributed by atoms with van der Waals surface area (Å²) in [7, 11) is 0. The highest BCUT2D eigenvalue weighted by Gasteiger charge is 2.24. The molecular weight excluding hydrogens is 274 g/mol. The van der Waals surface area contributed by atoms with Crippen LogP contribution in [0.1, 0.15) is 18.4 Å². The van der Waals surface area contributed by atoms with E-state index in [9.17, 15) is 4.79 Å². The third-order valence-corrected chi connectivity index (χ3v) is 4.40. The molecule has 1 aromatic heterocycles. The molecule has 3 aromatic rings. The van der Waals surface area contributed by atoms with Crippen LogP contribution in [0.2, 0.25) is 0 Å². The number of aromatic amines is 1. The Kier molecular flexibility index (Phi) is 2.73. The Morgan fingerprint density at radius 2 is 2.00 bits per heavy atom. The lowest BCUT2D eigenvalue weighted by Gasteiger charge is -2.11. The van der Waals surface area contributed by atoms with Gasteiger partial charge in [0.2, 0.25) is 0 Å². The quantitative estimate of drug-likeness (QED) is 0.602. The average Bonchev–Trinajstić information content (AvgIpc) is 2.91. The molecule has 0 fully saturated rings. The number of para-hydroxylation sites is 1. The largest absolute Gasteiger partial charge is 0.398 e. The zero-order chi connectivity index (χ0) is 15.3. The van der Waals surface area contributed by atoms with E-state index in [2.05, 4.69) is 23.3 Å². The number of hydrogen-bond acceptors (Lipinski definition) is 3. The van der Waals surface area contributed by atoms with E-state index in [1.807, 2.05) is 36.4 Å². The van der Waals surface area contributed by atoms with Gasteiger partial charge in [0.15, 0.2) is 0 Å². The van der Waals surface area contributed by atoms with E-state index >= 15 is 0 Å². The molecule has 0 spiro atoms. The van der Waals surface area contributed by atoms with Gasteiger partial charge in [-0.15, -0.1) is 0 Å². The van der Waals surface area contributed by atoms with Crippen molar-refractivity contribution >= 4 is 22.3 Å². The van der Waals surface area contributed by atoms with Crippen LogP contribution in [-0.2, 0) is 0 Å². The predicted octanol–water partition coefficient (Wildman–Crippen LogP) is 3.31. The molecule has 4 nitrogen and oxygen atoms in total. The Balaban J connectivity index is 2.03. The molecule has 1 aliphatic heterocycles. The van der Waals surface area contributed by atoms with Crippen LogP contribution in [0.25, 0.3) is 22.0 Å². The lowest BCUT2D eigenvalue weighted by atomic mass is 9.95. The van der Waals surface area contributed by atoms with Gasteiger partial charge in [0, 0.05) is 34.6 Å². The van der Waals surface area contributed by atoms with Crippen LogP contribution in [0.5, 0.6) is 0 Å². The molecule has 2 aromatic carbocycles. The van der Waals surface area contributed by atoms with E-state index in [-0.39, 0.29) is 5.56 Å². The highest BCUT2D eigenvalue weighted by Crippen LogP contribution is 2.36. The lowest BCUT2D eigenvalue weighted by Crippen LogP contribution is -2.11. The Bertz CT molecular complexity index is 943. The van der Waals surface area contributed by atoms with Crippen LogP contribution in [0.3, 0.4) is 0 Å². The summed E-state index contributed by atoms with van der Waals surface area (Å²) in [5.74, 6) is 0.322. The van der Waals surface area contributed by atoms with Crippen molar-refractivity contribution in [3.05, 3.63) is 58.4 Å². The van der Waals surface area contributed by atoms with Gasteiger partial charge in [-0.1, -0.05) is 31.2 Å². The number of hydrogen-bond donors (Lipinski definition) is 3. The monoisotopic (exact) mass is 291 g/mol. The highest BCUT2D eigenvalue weighted by molar-refractivity contribution is 5.93. The minimum absolute atomic E-state index is 0.0428. The van der Waals surface area contributed by atoms with Gasteiger partial charge in [-0.2, -0.15) is 0 Å². The number of pyridine rings is 1. The third-order valence-electron chi connectivity index (χ3n) is 4.40. The number of aromatic nitrogens is 1. The molecule has 0 radical (unpaired) electrons. The molecule has 0 aliphatic carbocycles.